The average molecular weight is 174 g/mol. The number of fused-ring (bicyclic) bond motifs is 1. The maximum Gasteiger partial charge on any atom is -0.0242 e. The first-order chi connectivity index (χ1) is 6.31. The zero-order valence-electron chi connectivity index (χ0n) is 8.59. The largest absolute Gasteiger partial charge is 0.0651 e. The minimum Gasteiger partial charge on any atom is -0.0651 e. The molecule has 0 aliphatic heterocycles. The van der Waals surface area contributed by atoms with Gasteiger partial charge in [0.05, 0.1) is 0 Å². The second kappa shape index (κ2) is 3.53. The first kappa shape index (κ1) is 8.80. The number of benzene rings is 1. The fourth-order valence-electron chi connectivity index (χ4n) is 2.33. The smallest absolute Gasteiger partial charge is 0.0242 e. The Morgan fingerprint density at radius 1 is 1.23 bits per heavy atom. The van der Waals surface area contributed by atoms with E-state index in [1.807, 2.05) is 0 Å². The van der Waals surface area contributed by atoms with E-state index in [1.54, 1.807) is 11.1 Å². The monoisotopic (exact) mass is 174 g/mol. The van der Waals surface area contributed by atoms with Crippen molar-refractivity contribution in [3.05, 3.63) is 35.4 Å². The summed E-state index contributed by atoms with van der Waals surface area (Å²) in [5.41, 5.74) is 3.18. The standard InChI is InChI=1S/C13H18/c1-3-10(2)13-8-11-6-4-5-7-12(11)9-13/h4-7,10,13H,3,8-9H2,1-2H3/t10-/m0/s1. The molecular weight excluding hydrogens is 156 g/mol. The van der Waals surface area contributed by atoms with Crippen LogP contribution in [0.1, 0.15) is 31.4 Å². The summed E-state index contributed by atoms with van der Waals surface area (Å²) in [6.07, 6.45) is 3.94. The van der Waals surface area contributed by atoms with Crippen molar-refractivity contribution < 1.29 is 0 Å². The van der Waals surface area contributed by atoms with E-state index in [1.165, 1.54) is 19.3 Å². The Morgan fingerprint density at radius 3 is 2.23 bits per heavy atom. The third-order valence-electron chi connectivity index (χ3n) is 3.53. The van der Waals surface area contributed by atoms with Crippen molar-refractivity contribution >= 4 is 0 Å². The van der Waals surface area contributed by atoms with E-state index in [0.717, 1.165) is 11.8 Å². The molecule has 0 N–H and O–H groups in total. The quantitative estimate of drug-likeness (QED) is 0.644. The molecule has 0 amide bonds. The van der Waals surface area contributed by atoms with Crippen LogP contribution in [0.5, 0.6) is 0 Å². The predicted molar refractivity (Wildman–Crippen MR) is 56.8 cm³/mol. The molecule has 0 unspecified atom stereocenters. The highest BCUT2D eigenvalue weighted by Crippen LogP contribution is 2.32. The molecule has 1 atom stereocenters. The molecule has 0 saturated carbocycles. The van der Waals surface area contributed by atoms with Crippen molar-refractivity contribution in [1.82, 2.24) is 0 Å². The molecule has 1 aromatic carbocycles. The van der Waals surface area contributed by atoms with Gasteiger partial charge in [-0.05, 0) is 35.8 Å². The van der Waals surface area contributed by atoms with E-state index in [2.05, 4.69) is 38.1 Å². The van der Waals surface area contributed by atoms with Gasteiger partial charge in [-0.15, -0.1) is 0 Å². The molecule has 70 valence electrons. The fourth-order valence-corrected chi connectivity index (χ4v) is 2.33. The topological polar surface area (TPSA) is 0 Å². The van der Waals surface area contributed by atoms with Gasteiger partial charge in [-0.25, -0.2) is 0 Å². The van der Waals surface area contributed by atoms with Crippen LogP contribution in [0.3, 0.4) is 0 Å². The average Bonchev–Trinajstić information content (AvgIpc) is 2.59. The Labute approximate surface area is 81.0 Å². The maximum atomic E-state index is 2.39. The lowest BCUT2D eigenvalue weighted by atomic mass is 9.89. The summed E-state index contributed by atoms with van der Waals surface area (Å²) in [6.45, 7) is 4.68. The second-order valence-electron chi connectivity index (χ2n) is 4.32. The number of rotatable bonds is 2. The molecule has 0 nitrogen and oxygen atoms in total. The predicted octanol–water partition coefficient (Wildman–Crippen LogP) is 3.45. The molecule has 1 aliphatic carbocycles. The molecule has 0 radical (unpaired) electrons. The van der Waals surface area contributed by atoms with Crippen molar-refractivity contribution in [1.29, 1.82) is 0 Å². The van der Waals surface area contributed by atoms with Crippen LogP contribution >= 0.6 is 0 Å². The summed E-state index contributed by atoms with van der Waals surface area (Å²) >= 11 is 0. The fraction of sp³-hybridized carbons (Fsp3) is 0.538. The van der Waals surface area contributed by atoms with Crippen LogP contribution in [0.25, 0.3) is 0 Å². The molecule has 1 aliphatic rings. The molecule has 13 heavy (non-hydrogen) atoms. The van der Waals surface area contributed by atoms with Crippen molar-refractivity contribution in [2.45, 2.75) is 33.1 Å². The molecule has 0 saturated heterocycles. The van der Waals surface area contributed by atoms with Gasteiger partial charge in [0.25, 0.3) is 0 Å². The van der Waals surface area contributed by atoms with Crippen LogP contribution < -0.4 is 0 Å². The lowest BCUT2D eigenvalue weighted by molar-refractivity contribution is 0.363. The third-order valence-corrected chi connectivity index (χ3v) is 3.53. The van der Waals surface area contributed by atoms with Crippen LogP contribution in [-0.4, -0.2) is 0 Å². The molecule has 0 heteroatoms. The summed E-state index contributed by atoms with van der Waals surface area (Å²) in [7, 11) is 0. The lowest BCUT2D eigenvalue weighted by Gasteiger charge is -2.16. The molecule has 2 rings (SSSR count). The minimum absolute atomic E-state index is 0.882. The third kappa shape index (κ3) is 1.63. The lowest BCUT2D eigenvalue weighted by Crippen LogP contribution is -2.10. The number of hydrogen-bond donors (Lipinski definition) is 0. The van der Waals surface area contributed by atoms with Crippen molar-refractivity contribution in [3.8, 4) is 0 Å². The summed E-state index contributed by atoms with van der Waals surface area (Å²) in [5, 5.41) is 0. The van der Waals surface area contributed by atoms with Crippen molar-refractivity contribution in [3.63, 3.8) is 0 Å². The van der Waals surface area contributed by atoms with Gasteiger partial charge in [0, 0.05) is 0 Å². The maximum absolute atomic E-state index is 2.39. The summed E-state index contributed by atoms with van der Waals surface area (Å²) in [6, 6.07) is 8.91. The Morgan fingerprint density at radius 2 is 1.77 bits per heavy atom. The molecule has 0 aromatic heterocycles. The van der Waals surface area contributed by atoms with Crippen LogP contribution in [0.15, 0.2) is 24.3 Å². The van der Waals surface area contributed by atoms with E-state index in [9.17, 15) is 0 Å². The molecular formula is C13H18. The van der Waals surface area contributed by atoms with Gasteiger partial charge >= 0.3 is 0 Å². The van der Waals surface area contributed by atoms with Crippen LogP contribution in [0.4, 0.5) is 0 Å². The summed E-state index contributed by atoms with van der Waals surface area (Å²) in [4.78, 5) is 0. The Bertz CT molecular complexity index is 263. The van der Waals surface area contributed by atoms with E-state index in [-0.39, 0.29) is 0 Å². The minimum atomic E-state index is 0.882. The van der Waals surface area contributed by atoms with Gasteiger partial charge in [0.15, 0.2) is 0 Å². The molecule has 1 aromatic rings. The molecule has 0 bridgehead atoms. The van der Waals surface area contributed by atoms with E-state index < -0.39 is 0 Å². The van der Waals surface area contributed by atoms with Gasteiger partial charge in [-0.1, -0.05) is 44.5 Å². The number of hydrogen-bond acceptors (Lipinski definition) is 0. The van der Waals surface area contributed by atoms with Gasteiger partial charge < -0.3 is 0 Å². The molecule has 0 fully saturated rings. The van der Waals surface area contributed by atoms with Crippen molar-refractivity contribution in [2.24, 2.45) is 11.8 Å². The van der Waals surface area contributed by atoms with E-state index in [4.69, 9.17) is 0 Å². The Kier molecular flexibility index (Phi) is 2.39. The zero-order valence-corrected chi connectivity index (χ0v) is 8.59. The normalized spacial score (nSPS) is 18.6. The van der Waals surface area contributed by atoms with Gasteiger partial charge in [-0.3, -0.25) is 0 Å². The Balaban J connectivity index is 2.14. The summed E-state index contributed by atoms with van der Waals surface area (Å²) in [5.74, 6) is 1.79. The molecule has 0 spiro atoms. The SMILES string of the molecule is CC[C@H](C)C1Cc2ccccc2C1. The Hall–Kier alpha value is -0.780. The first-order valence-electron chi connectivity index (χ1n) is 5.38. The first-order valence-corrected chi connectivity index (χ1v) is 5.38. The van der Waals surface area contributed by atoms with Gasteiger partial charge in [0.2, 0.25) is 0 Å². The van der Waals surface area contributed by atoms with E-state index in [0.29, 0.717) is 0 Å². The zero-order chi connectivity index (χ0) is 9.26. The summed E-state index contributed by atoms with van der Waals surface area (Å²) < 4.78 is 0. The van der Waals surface area contributed by atoms with Gasteiger partial charge in [-0.2, -0.15) is 0 Å². The van der Waals surface area contributed by atoms with Crippen LogP contribution in [-0.2, 0) is 12.8 Å². The van der Waals surface area contributed by atoms with Crippen LogP contribution in [0, 0.1) is 11.8 Å². The van der Waals surface area contributed by atoms with Crippen LogP contribution in [0.2, 0.25) is 0 Å². The molecule has 0 heterocycles. The van der Waals surface area contributed by atoms with E-state index >= 15 is 0 Å². The van der Waals surface area contributed by atoms with Crippen molar-refractivity contribution in [2.75, 3.05) is 0 Å². The second-order valence-corrected chi connectivity index (χ2v) is 4.32. The van der Waals surface area contributed by atoms with Gasteiger partial charge in [0.1, 0.15) is 0 Å². The highest BCUT2D eigenvalue weighted by atomic mass is 14.3. The highest BCUT2D eigenvalue weighted by Gasteiger charge is 2.24. The highest BCUT2D eigenvalue weighted by molar-refractivity contribution is 5.32.